The molecule has 0 saturated heterocycles. The number of aromatic nitrogens is 2. The van der Waals surface area contributed by atoms with Crippen molar-refractivity contribution in [2.24, 2.45) is 0 Å². The van der Waals surface area contributed by atoms with Gasteiger partial charge in [0, 0.05) is 12.7 Å². The molecule has 0 saturated carbocycles. The third-order valence-electron chi connectivity index (χ3n) is 4.14. The van der Waals surface area contributed by atoms with Crippen molar-refractivity contribution in [3.8, 4) is 0 Å². The number of aromatic amines is 1. The number of carbonyl (C=O) groups excluding carboxylic acids is 2. The molecule has 0 bridgehead atoms. The lowest BCUT2D eigenvalue weighted by Crippen LogP contribution is -2.50. The zero-order valence-electron chi connectivity index (χ0n) is 14.2. The zero-order valence-corrected chi connectivity index (χ0v) is 14.2. The van der Waals surface area contributed by atoms with Gasteiger partial charge in [-0.15, -0.1) is 0 Å². The Bertz CT molecular complexity index is 852. The molecule has 1 aliphatic rings. The monoisotopic (exact) mass is 327 g/mol. The molecule has 126 valence electrons. The van der Waals surface area contributed by atoms with Crippen LogP contribution >= 0.6 is 0 Å². The van der Waals surface area contributed by atoms with Gasteiger partial charge in [-0.1, -0.05) is 6.07 Å². The van der Waals surface area contributed by atoms with Crippen LogP contribution in [0.15, 0.2) is 29.5 Å². The number of aryl methyl sites for hydroxylation is 1. The second-order valence-electron chi connectivity index (χ2n) is 6.22. The molecule has 1 atom stereocenters. The summed E-state index contributed by atoms with van der Waals surface area (Å²) in [6.45, 7) is 5.92. The van der Waals surface area contributed by atoms with Crippen molar-refractivity contribution in [3.05, 3.63) is 40.9 Å². The Hall–Kier alpha value is -2.83. The topological polar surface area (TPSA) is 90.1 Å². The fourth-order valence-electron chi connectivity index (χ4n) is 2.97. The Morgan fingerprint density at radius 3 is 2.79 bits per heavy atom. The molecule has 0 spiro atoms. The van der Waals surface area contributed by atoms with Gasteiger partial charge in [-0.2, -0.15) is 0 Å². The maximum atomic E-state index is 12.7. The van der Waals surface area contributed by atoms with Crippen molar-refractivity contribution >= 4 is 23.0 Å². The summed E-state index contributed by atoms with van der Waals surface area (Å²) >= 11 is 0. The molecular formula is C17H21N5O2. The molecule has 7 nitrogen and oxygen atoms in total. The zero-order chi connectivity index (χ0) is 17.4. The molecular weight excluding hydrogens is 306 g/mol. The number of rotatable bonds is 3. The maximum absolute atomic E-state index is 12.7. The number of fused-ring (bicyclic) bond motifs is 1. The van der Waals surface area contributed by atoms with Gasteiger partial charge in [0.05, 0.1) is 29.2 Å². The van der Waals surface area contributed by atoms with E-state index in [-0.39, 0.29) is 18.0 Å². The summed E-state index contributed by atoms with van der Waals surface area (Å²) in [5.74, 6) is 0.592. The minimum absolute atomic E-state index is 0.135. The third kappa shape index (κ3) is 2.97. The maximum Gasteiger partial charge on any atom is 0.319 e. The van der Waals surface area contributed by atoms with Gasteiger partial charge in [-0.05, 0) is 38.5 Å². The predicted octanol–water partition coefficient (Wildman–Crippen LogP) is 1.81. The number of benzene rings is 1. The van der Waals surface area contributed by atoms with Crippen molar-refractivity contribution in [2.45, 2.75) is 33.4 Å². The van der Waals surface area contributed by atoms with Gasteiger partial charge in [-0.25, -0.2) is 9.78 Å². The Kier molecular flexibility index (Phi) is 4.01. The first-order valence-electron chi connectivity index (χ1n) is 7.84. The summed E-state index contributed by atoms with van der Waals surface area (Å²) in [4.78, 5) is 33.5. The van der Waals surface area contributed by atoms with E-state index in [4.69, 9.17) is 0 Å². The van der Waals surface area contributed by atoms with Crippen LogP contribution in [0, 0.1) is 6.92 Å². The van der Waals surface area contributed by atoms with Gasteiger partial charge in [0.25, 0.3) is 5.91 Å². The number of allylic oxidation sites excluding steroid dienone is 1. The average molecular weight is 327 g/mol. The molecule has 2 aromatic rings. The molecule has 1 aliphatic heterocycles. The molecule has 0 unspecified atom stereocenters. The average Bonchev–Trinajstić information content (AvgIpc) is 2.87. The number of nitrogens with one attached hydrogen (secondary N) is 3. The number of hydrogen-bond acceptors (Lipinski definition) is 3. The fourth-order valence-corrected chi connectivity index (χ4v) is 2.97. The number of amides is 3. The molecule has 2 heterocycles. The fraction of sp³-hybridized carbons (Fsp3) is 0.353. The molecule has 3 N–H and O–H groups in total. The standard InChI is InChI=1S/C17H21N5O2/c1-9-5-6-12-13(7-9)21-14(20-12)8-22(4)16(23)15-10(2)18-17(24)19-11(15)3/h5-7,10H,8H2,1-4H3,(H,20,21)(H2,18,19,24)/t10-/m1/s1. The normalized spacial score (nSPS) is 17.7. The van der Waals surface area contributed by atoms with Crippen molar-refractivity contribution in [3.63, 3.8) is 0 Å². The summed E-state index contributed by atoms with van der Waals surface area (Å²) in [6.07, 6.45) is 0. The van der Waals surface area contributed by atoms with Gasteiger partial charge in [0.15, 0.2) is 0 Å². The molecule has 0 aliphatic carbocycles. The number of hydrogen-bond donors (Lipinski definition) is 3. The largest absolute Gasteiger partial charge is 0.340 e. The number of carbonyl (C=O) groups is 2. The Balaban J connectivity index is 1.80. The molecule has 1 aromatic carbocycles. The predicted molar refractivity (Wildman–Crippen MR) is 91.1 cm³/mol. The van der Waals surface area contributed by atoms with Crippen LogP contribution in [0.4, 0.5) is 4.79 Å². The second kappa shape index (κ2) is 5.99. The summed E-state index contributed by atoms with van der Waals surface area (Å²) < 4.78 is 0. The highest BCUT2D eigenvalue weighted by atomic mass is 16.2. The van der Waals surface area contributed by atoms with Crippen LogP contribution in [-0.2, 0) is 11.3 Å². The van der Waals surface area contributed by atoms with Gasteiger partial charge < -0.3 is 20.5 Å². The molecule has 24 heavy (non-hydrogen) atoms. The van der Waals surface area contributed by atoms with Crippen molar-refractivity contribution < 1.29 is 9.59 Å². The van der Waals surface area contributed by atoms with Crippen LogP contribution in [-0.4, -0.2) is 39.9 Å². The highest BCUT2D eigenvalue weighted by molar-refractivity contribution is 5.98. The quantitative estimate of drug-likeness (QED) is 0.803. The SMILES string of the molecule is CC1=C(C(=O)N(C)Cc2nc3ccc(C)cc3[nH]2)[C@@H](C)NC(=O)N1. The summed E-state index contributed by atoms with van der Waals surface area (Å²) in [5.41, 5.74) is 4.14. The minimum atomic E-state index is -0.327. The van der Waals surface area contributed by atoms with Crippen LogP contribution in [0.2, 0.25) is 0 Å². The summed E-state index contributed by atoms with van der Waals surface area (Å²) in [6, 6.07) is 5.39. The van der Waals surface area contributed by atoms with Crippen LogP contribution in [0.25, 0.3) is 11.0 Å². The first-order chi connectivity index (χ1) is 11.3. The van der Waals surface area contributed by atoms with Crippen molar-refractivity contribution in [2.75, 3.05) is 7.05 Å². The number of likely N-dealkylation sites (N-methyl/N-ethyl adjacent to an activating group) is 1. The van der Waals surface area contributed by atoms with Crippen LogP contribution in [0.5, 0.6) is 0 Å². The lowest BCUT2D eigenvalue weighted by atomic mass is 10.0. The van der Waals surface area contributed by atoms with Gasteiger partial charge in [0.1, 0.15) is 5.82 Å². The van der Waals surface area contributed by atoms with Gasteiger partial charge in [-0.3, -0.25) is 4.79 Å². The number of H-pyrrole nitrogens is 1. The molecule has 7 heteroatoms. The molecule has 0 fully saturated rings. The summed E-state index contributed by atoms with van der Waals surface area (Å²) in [7, 11) is 1.73. The van der Waals surface area contributed by atoms with Crippen molar-refractivity contribution in [1.29, 1.82) is 0 Å². The second-order valence-corrected chi connectivity index (χ2v) is 6.22. The molecule has 3 rings (SSSR count). The minimum Gasteiger partial charge on any atom is -0.340 e. The Labute approximate surface area is 140 Å². The van der Waals surface area contributed by atoms with E-state index in [1.807, 2.05) is 25.1 Å². The lowest BCUT2D eigenvalue weighted by molar-refractivity contribution is -0.126. The lowest BCUT2D eigenvalue weighted by Gasteiger charge is -2.28. The van der Waals surface area contributed by atoms with E-state index in [0.29, 0.717) is 17.8 Å². The smallest absolute Gasteiger partial charge is 0.319 e. The third-order valence-corrected chi connectivity index (χ3v) is 4.14. The van der Waals surface area contributed by atoms with Crippen LogP contribution in [0.3, 0.4) is 0 Å². The molecule has 1 aromatic heterocycles. The van der Waals surface area contributed by atoms with E-state index in [9.17, 15) is 9.59 Å². The van der Waals surface area contributed by atoms with Crippen molar-refractivity contribution in [1.82, 2.24) is 25.5 Å². The van der Waals surface area contributed by atoms with Crippen LogP contribution in [0.1, 0.15) is 25.2 Å². The highest BCUT2D eigenvalue weighted by Gasteiger charge is 2.28. The number of imidazole rings is 1. The van der Waals surface area contributed by atoms with E-state index in [1.54, 1.807) is 25.8 Å². The van der Waals surface area contributed by atoms with E-state index >= 15 is 0 Å². The van der Waals surface area contributed by atoms with E-state index < -0.39 is 0 Å². The van der Waals surface area contributed by atoms with E-state index in [1.165, 1.54) is 0 Å². The van der Waals surface area contributed by atoms with Crippen LogP contribution < -0.4 is 10.6 Å². The van der Waals surface area contributed by atoms with E-state index in [2.05, 4.69) is 20.6 Å². The van der Waals surface area contributed by atoms with E-state index in [0.717, 1.165) is 22.4 Å². The van der Waals surface area contributed by atoms with Gasteiger partial charge in [0.2, 0.25) is 0 Å². The Morgan fingerprint density at radius 2 is 2.08 bits per heavy atom. The first-order valence-corrected chi connectivity index (χ1v) is 7.84. The highest BCUT2D eigenvalue weighted by Crippen LogP contribution is 2.17. The summed E-state index contributed by atoms with van der Waals surface area (Å²) in [5, 5.41) is 5.35. The number of nitrogens with zero attached hydrogens (tertiary/aromatic N) is 2. The molecule has 3 amide bonds. The number of urea groups is 1. The van der Waals surface area contributed by atoms with Gasteiger partial charge >= 0.3 is 6.03 Å². The molecule has 0 radical (unpaired) electrons. The Morgan fingerprint density at radius 1 is 1.33 bits per heavy atom. The first kappa shape index (κ1) is 16.0.